The number of rotatable bonds is 5. The van der Waals surface area contributed by atoms with Crippen molar-refractivity contribution >= 4 is 32.7 Å². The summed E-state index contributed by atoms with van der Waals surface area (Å²) in [5, 5.41) is 6.95. The molecule has 6 nitrogen and oxygen atoms in total. The number of carbonyl (C=O) groups excluding carboxylic acids is 1. The Hall–Kier alpha value is -2.67. The van der Waals surface area contributed by atoms with Gasteiger partial charge < -0.3 is 9.47 Å². The second kappa shape index (κ2) is 7.27. The molecule has 7 heteroatoms. The normalized spacial score (nSPS) is 10.5. The Morgan fingerprint density at radius 2 is 1.88 bits per heavy atom. The zero-order valence-electron chi connectivity index (χ0n) is 12.5. The molecule has 0 bridgehead atoms. The van der Waals surface area contributed by atoms with Crippen LogP contribution in [0.4, 0.5) is 0 Å². The van der Waals surface area contributed by atoms with Gasteiger partial charge in [-0.3, -0.25) is 4.79 Å². The third-order valence-corrected chi connectivity index (χ3v) is 3.76. The van der Waals surface area contributed by atoms with Gasteiger partial charge in [-0.15, -0.1) is 0 Å². The van der Waals surface area contributed by atoms with Crippen molar-refractivity contribution in [1.29, 1.82) is 0 Å². The zero-order chi connectivity index (χ0) is 16.9. The van der Waals surface area contributed by atoms with Gasteiger partial charge in [0.2, 0.25) is 0 Å². The van der Waals surface area contributed by atoms with Crippen molar-refractivity contribution in [2.45, 2.75) is 0 Å². The Balaban J connectivity index is 1.64. The smallest absolute Gasteiger partial charge is 0.359 e. The topological polar surface area (TPSA) is 81.3 Å². The molecule has 0 saturated carbocycles. The summed E-state index contributed by atoms with van der Waals surface area (Å²) in [6.07, 6.45) is 0. The van der Waals surface area contributed by atoms with E-state index in [0.717, 1.165) is 4.47 Å². The average Bonchev–Trinajstić information content (AvgIpc) is 2.59. The van der Waals surface area contributed by atoms with Gasteiger partial charge in [-0.05, 0) is 24.3 Å². The van der Waals surface area contributed by atoms with Crippen molar-refractivity contribution in [3.63, 3.8) is 0 Å². The van der Waals surface area contributed by atoms with E-state index < -0.39 is 5.97 Å². The molecule has 2 aromatic carbocycles. The number of halogens is 1. The Labute approximate surface area is 145 Å². The van der Waals surface area contributed by atoms with Crippen LogP contribution in [0.25, 0.3) is 10.8 Å². The first-order valence-electron chi connectivity index (χ1n) is 7.18. The van der Waals surface area contributed by atoms with Gasteiger partial charge >= 0.3 is 5.97 Å². The fraction of sp³-hybridized carbons (Fsp3) is 0.118. The Bertz CT molecular complexity index is 939. The lowest BCUT2D eigenvalue weighted by atomic mass is 10.1. The lowest BCUT2D eigenvalue weighted by Gasteiger charge is -2.08. The fourth-order valence-corrected chi connectivity index (χ4v) is 2.57. The number of carbonyl (C=O) groups is 1. The van der Waals surface area contributed by atoms with E-state index in [4.69, 9.17) is 9.47 Å². The molecule has 0 unspecified atom stereocenters. The van der Waals surface area contributed by atoms with Crippen LogP contribution in [0.2, 0.25) is 0 Å². The highest BCUT2D eigenvalue weighted by Crippen LogP contribution is 2.17. The molecule has 1 heterocycles. The number of hydrogen-bond donors (Lipinski definition) is 1. The van der Waals surface area contributed by atoms with Crippen LogP contribution in [0, 0.1) is 0 Å². The fourth-order valence-electron chi connectivity index (χ4n) is 2.19. The molecule has 3 rings (SSSR count). The minimum absolute atomic E-state index is 0.0699. The zero-order valence-corrected chi connectivity index (χ0v) is 14.1. The third-order valence-electron chi connectivity index (χ3n) is 3.27. The third kappa shape index (κ3) is 3.62. The van der Waals surface area contributed by atoms with Crippen molar-refractivity contribution in [2.75, 3.05) is 13.2 Å². The molecule has 122 valence electrons. The summed E-state index contributed by atoms with van der Waals surface area (Å²) < 4.78 is 11.6. The highest BCUT2D eigenvalue weighted by molar-refractivity contribution is 9.10. The van der Waals surface area contributed by atoms with E-state index in [1.54, 1.807) is 24.3 Å². The Kier molecular flexibility index (Phi) is 4.90. The molecular formula is C17H13BrN2O4. The molecule has 0 spiro atoms. The van der Waals surface area contributed by atoms with E-state index in [1.165, 1.54) is 0 Å². The van der Waals surface area contributed by atoms with Crippen LogP contribution in [0.3, 0.4) is 0 Å². The highest BCUT2D eigenvalue weighted by Gasteiger charge is 2.15. The lowest BCUT2D eigenvalue weighted by molar-refractivity contribution is 0.0445. The van der Waals surface area contributed by atoms with E-state index in [2.05, 4.69) is 26.1 Å². The van der Waals surface area contributed by atoms with Crippen molar-refractivity contribution in [2.24, 2.45) is 0 Å². The number of ether oxygens (including phenoxy) is 2. The van der Waals surface area contributed by atoms with Gasteiger partial charge in [0.15, 0.2) is 5.69 Å². The second-order valence-corrected chi connectivity index (χ2v) is 5.80. The van der Waals surface area contributed by atoms with Gasteiger partial charge in [-0.25, -0.2) is 9.89 Å². The van der Waals surface area contributed by atoms with Crippen molar-refractivity contribution in [3.8, 4) is 5.75 Å². The van der Waals surface area contributed by atoms with Gasteiger partial charge in [-0.1, -0.05) is 40.2 Å². The van der Waals surface area contributed by atoms with Crippen LogP contribution >= 0.6 is 15.9 Å². The first-order valence-corrected chi connectivity index (χ1v) is 7.97. The molecule has 0 fully saturated rings. The molecule has 0 amide bonds. The maximum atomic E-state index is 12.2. The monoisotopic (exact) mass is 388 g/mol. The van der Waals surface area contributed by atoms with E-state index in [1.807, 2.05) is 24.3 Å². The quantitative estimate of drug-likeness (QED) is 0.536. The summed E-state index contributed by atoms with van der Waals surface area (Å²) >= 11 is 3.35. The molecule has 3 aromatic rings. The van der Waals surface area contributed by atoms with Crippen LogP contribution in [-0.4, -0.2) is 29.4 Å². The number of benzene rings is 2. The summed E-state index contributed by atoms with van der Waals surface area (Å²) in [6, 6.07) is 14.1. The first kappa shape index (κ1) is 16.2. The van der Waals surface area contributed by atoms with E-state index >= 15 is 0 Å². The molecule has 0 aliphatic carbocycles. The highest BCUT2D eigenvalue weighted by atomic mass is 79.9. The summed E-state index contributed by atoms with van der Waals surface area (Å²) in [6.45, 7) is 0.282. The number of H-pyrrole nitrogens is 1. The number of nitrogens with one attached hydrogen (secondary N) is 1. The number of esters is 1. The largest absolute Gasteiger partial charge is 0.490 e. The van der Waals surface area contributed by atoms with Gasteiger partial charge in [0.05, 0.1) is 5.39 Å². The molecular weight excluding hydrogens is 376 g/mol. The minimum atomic E-state index is -0.611. The molecule has 0 aliphatic rings. The number of aromatic amines is 1. The number of fused-ring (bicyclic) bond motifs is 1. The molecule has 0 aliphatic heterocycles. The first-order chi connectivity index (χ1) is 11.6. The molecule has 0 atom stereocenters. The predicted molar refractivity (Wildman–Crippen MR) is 92.3 cm³/mol. The standard InChI is InChI=1S/C17H13BrN2O4/c18-11-4-3-5-12(10-11)23-8-9-24-17(22)15-13-6-1-2-7-14(13)16(21)20-19-15/h1-7,10H,8-9H2,(H,20,21). The maximum absolute atomic E-state index is 12.2. The predicted octanol–water partition coefficient (Wildman–Crippen LogP) is 2.92. The van der Waals surface area contributed by atoms with Crippen molar-refractivity contribution in [3.05, 3.63) is 69.1 Å². The summed E-state index contributed by atoms with van der Waals surface area (Å²) in [4.78, 5) is 23.9. The van der Waals surface area contributed by atoms with Crippen molar-refractivity contribution < 1.29 is 14.3 Å². The summed E-state index contributed by atoms with van der Waals surface area (Å²) in [5.41, 5.74) is -0.271. The number of aromatic nitrogens is 2. The van der Waals surface area contributed by atoms with Crippen LogP contribution in [0.15, 0.2) is 57.8 Å². The maximum Gasteiger partial charge on any atom is 0.359 e. The minimum Gasteiger partial charge on any atom is -0.490 e. The van der Waals surface area contributed by atoms with Crippen LogP contribution < -0.4 is 10.3 Å². The van der Waals surface area contributed by atoms with Gasteiger partial charge in [0.25, 0.3) is 5.56 Å². The van der Waals surface area contributed by atoms with Crippen LogP contribution in [-0.2, 0) is 4.74 Å². The molecule has 1 N–H and O–H groups in total. The van der Waals surface area contributed by atoms with Crippen molar-refractivity contribution in [1.82, 2.24) is 10.2 Å². The molecule has 24 heavy (non-hydrogen) atoms. The Morgan fingerprint density at radius 3 is 2.67 bits per heavy atom. The number of hydrogen-bond acceptors (Lipinski definition) is 5. The molecule has 0 radical (unpaired) electrons. The van der Waals surface area contributed by atoms with E-state index in [0.29, 0.717) is 16.5 Å². The SMILES string of the molecule is O=C(OCCOc1cccc(Br)c1)c1n[nH]c(=O)c2ccccc12. The molecule has 1 aromatic heterocycles. The lowest BCUT2D eigenvalue weighted by Crippen LogP contribution is -2.18. The van der Waals surface area contributed by atoms with Crippen LogP contribution in [0.1, 0.15) is 10.5 Å². The summed E-state index contributed by atoms with van der Waals surface area (Å²) in [5.74, 6) is 0.0633. The average molecular weight is 389 g/mol. The second-order valence-electron chi connectivity index (χ2n) is 4.89. The summed E-state index contributed by atoms with van der Waals surface area (Å²) in [7, 11) is 0. The van der Waals surface area contributed by atoms with E-state index in [9.17, 15) is 9.59 Å². The Morgan fingerprint density at radius 1 is 1.08 bits per heavy atom. The van der Waals surface area contributed by atoms with Crippen LogP contribution in [0.5, 0.6) is 5.75 Å². The van der Waals surface area contributed by atoms with Gasteiger partial charge in [0, 0.05) is 9.86 Å². The van der Waals surface area contributed by atoms with Gasteiger partial charge in [-0.2, -0.15) is 5.10 Å². The van der Waals surface area contributed by atoms with Gasteiger partial charge in [0.1, 0.15) is 19.0 Å². The van der Waals surface area contributed by atoms with E-state index in [-0.39, 0.29) is 24.5 Å². The molecule has 0 saturated heterocycles. The number of nitrogens with zero attached hydrogens (tertiary/aromatic N) is 1.